The molecule has 1 aromatic rings. The standard InChI is InChI=1S/C16H23Br2N/c1-11-9-15(18)13(10-14(11)17)16(19)8-7-12-5-3-2-4-6-12/h9-10,12,16H,2-8,19H2,1H3. The van der Waals surface area contributed by atoms with Crippen molar-refractivity contribution in [2.45, 2.75) is 57.9 Å². The lowest BCUT2D eigenvalue weighted by molar-refractivity contribution is 0.324. The van der Waals surface area contributed by atoms with Crippen LogP contribution in [-0.2, 0) is 0 Å². The Bertz CT molecular complexity index is 425. The minimum absolute atomic E-state index is 0.146. The first-order valence-electron chi connectivity index (χ1n) is 7.29. The van der Waals surface area contributed by atoms with Crippen LogP contribution < -0.4 is 5.73 Å². The van der Waals surface area contributed by atoms with Gasteiger partial charge in [0.1, 0.15) is 0 Å². The van der Waals surface area contributed by atoms with Crippen LogP contribution in [0.2, 0.25) is 0 Å². The maximum absolute atomic E-state index is 6.38. The molecule has 2 rings (SSSR count). The van der Waals surface area contributed by atoms with Crippen molar-refractivity contribution in [3.05, 3.63) is 32.2 Å². The van der Waals surface area contributed by atoms with Crippen molar-refractivity contribution in [3.63, 3.8) is 0 Å². The summed E-state index contributed by atoms with van der Waals surface area (Å²) in [5, 5.41) is 0. The molecule has 0 radical (unpaired) electrons. The molecule has 19 heavy (non-hydrogen) atoms. The fourth-order valence-electron chi connectivity index (χ4n) is 2.99. The van der Waals surface area contributed by atoms with Gasteiger partial charge in [0, 0.05) is 15.0 Å². The van der Waals surface area contributed by atoms with Crippen molar-refractivity contribution in [2.24, 2.45) is 11.7 Å². The van der Waals surface area contributed by atoms with E-state index in [2.05, 4.69) is 50.9 Å². The van der Waals surface area contributed by atoms with Gasteiger partial charge in [-0.15, -0.1) is 0 Å². The predicted octanol–water partition coefficient (Wildman–Crippen LogP) is 5.88. The quantitative estimate of drug-likeness (QED) is 0.684. The lowest BCUT2D eigenvalue weighted by Gasteiger charge is -2.23. The number of hydrogen-bond acceptors (Lipinski definition) is 1. The summed E-state index contributed by atoms with van der Waals surface area (Å²) in [6.45, 7) is 2.10. The van der Waals surface area contributed by atoms with Crippen molar-refractivity contribution in [3.8, 4) is 0 Å². The lowest BCUT2D eigenvalue weighted by atomic mass is 9.84. The van der Waals surface area contributed by atoms with Crippen LogP contribution in [0.3, 0.4) is 0 Å². The van der Waals surface area contributed by atoms with Crippen LogP contribution in [0.4, 0.5) is 0 Å². The zero-order chi connectivity index (χ0) is 13.8. The number of aryl methyl sites for hydroxylation is 1. The molecule has 1 fully saturated rings. The van der Waals surface area contributed by atoms with Gasteiger partial charge >= 0.3 is 0 Å². The summed E-state index contributed by atoms with van der Waals surface area (Å²) in [5.41, 5.74) is 8.86. The zero-order valence-corrected chi connectivity index (χ0v) is 14.8. The van der Waals surface area contributed by atoms with Crippen LogP contribution >= 0.6 is 31.9 Å². The summed E-state index contributed by atoms with van der Waals surface area (Å²) in [5.74, 6) is 0.910. The van der Waals surface area contributed by atoms with Crippen molar-refractivity contribution in [1.29, 1.82) is 0 Å². The van der Waals surface area contributed by atoms with Crippen molar-refractivity contribution in [1.82, 2.24) is 0 Å². The first kappa shape index (κ1) is 15.5. The molecule has 1 aromatic carbocycles. The van der Waals surface area contributed by atoms with Gasteiger partial charge in [0.2, 0.25) is 0 Å². The number of nitrogens with two attached hydrogens (primary N) is 1. The Morgan fingerprint density at radius 1 is 1.16 bits per heavy atom. The monoisotopic (exact) mass is 387 g/mol. The first-order valence-corrected chi connectivity index (χ1v) is 8.87. The van der Waals surface area contributed by atoms with E-state index in [9.17, 15) is 0 Å². The van der Waals surface area contributed by atoms with Crippen LogP contribution in [0.25, 0.3) is 0 Å². The topological polar surface area (TPSA) is 26.0 Å². The minimum atomic E-state index is 0.146. The van der Waals surface area contributed by atoms with Crippen LogP contribution in [0.1, 0.15) is 62.1 Å². The van der Waals surface area contributed by atoms with Crippen LogP contribution in [-0.4, -0.2) is 0 Å². The Morgan fingerprint density at radius 3 is 2.53 bits per heavy atom. The zero-order valence-electron chi connectivity index (χ0n) is 11.6. The van der Waals surface area contributed by atoms with E-state index in [1.165, 1.54) is 49.7 Å². The molecule has 1 unspecified atom stereocenters. The van der Waals surface area contributed by atoms with E-state index in [0.29, 0.717) is 0 Å². The number of benzene rings is 1. The van der Waals surface area contributed by atoms with Gasteiger partial charge in [0.15, 0.2) is 0 Å². The molecule has 1 aliphatic rings. The van der Waals surface area contributed by atoms with E-state index < -0.39 is 0 Å². The van der Waals surface area contributed by atoms with Crippen LogP contribution in [0.15, 0.2) is 21.1 Å². The molecular weight excluding hydrogens is 366 g/mol. The van der Waals surface area contributed by atoms with Gasteiger partial charge in [-0.05, 0) is 48.9 Å². The summed E-state index contributed by atoms with van der Waals surface area (Å²) >= 11 is 7.25. The minimum Gasteiger partial charge on any atom is -0.324 e. The van der Waals surface area contributed by atoms with E-state index in [0.717, 1.165) is 21.3 Å². The van der Waals surface area contributed by atoms with Crippen LogP contribution in [0.5, 0.6) is 0 Å². The van der Waals surface area contributed by atoms with Gasteiger partial charge in [0.05, 0.1) is 0 Å². The highest BCUT2D eigenvalue weighted by molar-refractivity contribution is 9.11. The van der Waals surface area contributed by atoms with E-state index in [1.807, 2.05) is 0 Å². The summed E-state index contributed by atoms with van der Waals surface area (Å²) in [4.78, 5) is 0. The van der Waals surface area contributed by atoms with E-state index in [4.69, 9.17) is 5.73 Å². The smallest absolute Gasteiger partial charge is 0.0306 e. The molecule has 0 aromatic heterocycles. The molecular formula is C16H23Br2N. The SMILES string of the molecule is Cc1cc(Br)c(C(N)CCC2CCCCC2)cc1Br. The molecule has 1 aliphatic carbocycles. The second-order valence-corrected chi connectivity index (χ2v) is 7.52. The molecule has 0 bridgehead atoms. The van der Waals surface area contributed by atoms with Gasteiger partial charge < -0.3 is 5.73 Å². The maximum atomic E-state index is 6.38. The number of hydrogen-bond donors (Lipinski definition) is 1. The van der Waals surface area contributed by atoms with Crippen molar-refractivity contribution < 1.29 is 0 Å². The fraction of sp³-hybridized carbons (Fsp3) is 0.625. The summed E-state index contributed by atoms with van der Waals surface area (Å²) in [7, 11) is 0. The molecule has 1 atom stereocenters. The molecule has 0 spiro atoms. The number of halogens is 2. The summed E-state index contributed by atoms with van der Waals surface area (Å²) in [6, 6.07) is 4.47. The van der Waals surface area contributed by atoms with E-state index >= 15 is 0 Å². The average Bonchev–Trinajstić information content (AvgIpc) is 2.41. The van der Waals surface area contributed by atoms with Gasteiger partial charge in [-0.25, -0.2) is 0 Å². The van der Waals surface area contributed by atoms with Crippen molar-refractivity contribution >= 4 is 31.9 Å². The third kappa shape index (κ3) is 4.30. The second-order valence-electron chi connectivity index (χ2n) is 5.81. The largest absolute Gasteiger partial charge is 0.324 e. The molecule has 106 valence electrons. The molecule has 0 amide bonds. The molecule has 3 heteroatoms. The van der Waals surface area contributed by atoms with E-state index in [1.54, 1.807) is 0 Å². The molecule has 1 nitrogen and oxygen atoms in total. The Labute approximate surface area is 133 Å². The lowest BCUT2D eigenvalue weighted by Crippen LogP contribution is -2.14. The highest BCUT2D eigenvalue weighted by Crippen LogP contribution is 2.33. The van der Waals surface area contributed by atoms with E-state index in [-0.39, 0.29) is 6.04 Å². The average molecular weight is 389 g/mol. The molecule has 0 aliphatic heterocycles. The Morgan fingerprint density at radius 2 is 1.84 bits per heavy atom. The molecule has 0 saturated heterocycles. The summed E-state index contributed by atoms with van der Waals surface area (Å²) < 4.78 is 2.29. The Kier molecular flexibility index (Phi) is 5.91. The van der Waals surface area contributed by atoms with Gasteiger partial charge in [-0.2, -0.15) is 0 Å². The van der Waals surface area contributed by atoms with Gasteiger partial charge in [0.25, 0.3) is 0 Å². The molecule has 1 saturated carbocycles. The highest BCUT2D eigenvalue weighted by Gasteiger charge is 2.17. The fourth-order valence-corrected chi connectivity index (χ4v) is 4.11. The number of rotatable bonds is 4. The normalized spacial score (nSPS) is 18.5. The third-order valence-electron chi connectivity index (χ3n) is 4.29. The van der Waals surface area contributed by atoms with Gasteiger partial charge in [-0.3, -0.25) is 0 Å². The Balaban J connectivity index is 1.95. The molecule has 2 N–H and O–H groups in total. The second kappa shape index (κ2) is 7.24. The maximum Gasteiger partial charge on any atom is 0.0306 e. The van der Waals surface area contributed by atoms with Crippen LogP contribution in [0, 0.1) is 12.8 Å². The highest BCUT2D eigenvalue weighted by atomic mass is 79.9. The Hall–Kier alpha value is 0.140. The van der Waals surface area contributed by atoms with Crippen molar-refractivity contribution in [2.75, 3.05) is 0 Å². The summed E-state index contributed by atoms with van der Waals surface area (Å²) in [6.07, 6.45) is 9.45. The molecule has 0 heterocycles. The van der Waals surface area contributed by atoms with Gasteiger partial charge in [-0.1, -0.05) is 64.0 Å². The third-order valence-corrected chi connectivity index (χ3v) is 5.83. The predicted molar refractivity (Wildman–Crippen MR) is 89.3 cm³/mol. The first-order chi connectivity index (χ1) is 9.08.